The van der Waals surface area contributed by atoms with Crippen molar-refractivity contribution in [3.8, 4) is 5.69 Å². The van der Waals surface area contributed by atoms with E-state index in [1.165, 1.54) is 0 Å². The first-order chi connectivity index (χ1) is 13.8. The zero-order chi connectivity index (χ0) is 20.8. The Morgan fingerprint density at radius 1 is 1.21 bits per heavy atom. The van der Waals surface area contributed by atoms with Crippen LogP contribution in [0.4, 0.5) is 13.2 Å². The lowest BCUT2D eigenvalue weighted by Crippen LogP contribution is -2.37. The maximum Gasteiger partial charge on any atom is 0.490 e. The van der Waals surface area contributed by atoms with E-state index in [1.54, 1.807) is 47.3 Å². The molecule has 4 rings (SSSR count). The van der Waals surface area contributed by atoms with E-state index in [1.807, 2.05) is 0 Å². The molecule has 2 heterocycles. The summed E-state index contributed by atoms with van der Waals surface area (Å²) in [7, 11) is 0. The van der Waals surface area contributed by atoms with Crippen molar-refractivity contribution >= 4 is 22.8 Å². The van der Waals surface area contributed by atoms with Crippen LogP contribution in [-0.4, -0.2) is 34.4 Å². The van der Waals surface area contributed by atoms with Gasteiger partial charge in [0.05, 0.1) is 11.3 Å². The molecule has 0 radical (unpaired) electrons. The van der Waals surface area contributed by atoms with Crippen LogP contribution in [0.15, 0.2) is 42.6 Å². The third-order valence-corrected chi connectivity index (χ3v) is 4.68. The van der Waals surface area contributed by atoms with Crippen LogP contribution < -0.4 is 11.1 Å². The Bertz CT molecular complexity index is 1120. The summed E-state index contributed by atoms with van der Waals surface area (Å²) in [5.74, 6) is -2.87. The van der Waals surface area contributed by atoms with E-state index >= 15 is 0 Å². The van der Waals surface area contributed by atoms with Crippen LogP contribution in [0.2, 0.25) is 0 Å². The predicted octanol–water partition coefficient (Wildman–Crippen LogP) is 2.37. The van der Waals surface area contributed by atoms with Gasteiger partial charge < -0.3 is 10.5 Å². The number of amides is 1. The van der Waals surface area contributed by atoms with Gasteiger partial charge in [-0.3, -0.25) is 10.1 Å². The number of alkyl halides is 3. The van der Waals surface area contributed by atoms with Gasteiger partial charge in [-0.15, -0.1) is 0 Å². The number of hydrogen-bond donors (Lipinski definition) is 2. The van der Waals surface area contributed by atoms with Gasteiger partial charge in [0, 0.05) is 23.7 Å². The first-order valence-corrected chi connectivity index (χ1v) is 8.67. The molecular weight excluding hydrogens is 389 g/mol. The van der Waals surface area contributed by atoms with Gasteiger partial charge in [-0.1, -0.05) is 24.3 Å². The summed E-state index contributed by atoms with van der Waals surface area (Å²) >= 11 is 0. The Labute approximate surface area is 162 Å². The van der Waals surface area contributed by atoms with Gasteiger partial charge in [0.1, 0.15) is 5.52 Å². The Hall–Kier alpha value is -3.40. The molecule has 29 heavy (non-hydrogen) atoms. The fourth-order valence-corrected chi connectivity index (χ4v) is 3.41. The molecule has 0 spiro atoms. The van der Waals surface area contributed by atoms with Gasteiger partial charge >= 0.3 is 12.1 Å². The summed E-state index contributed by atoms with van der Waals surface area (Å²) in [4.78, 5) is 22.9. The molecule has 1 aliphatic rings. The van der Waals surface area contributed by atoms with E-state index in [-0.39, 0.29) is 5.56 Å². The number of rotatable bonds is 3. The molecule has 1 aromatic heterocycles. The maximum atomic E-state index is 12.6. The number of nitrogens with two attached hydrogens (primary N) is 1. The number of nitrogens with zero attached hydrogens (tertiary/aromatic N) is 2. The lowest BCUT2D eigenvalue weighted by molar-refractivity contribution is -0.207. The Morgan fingerprint density at radius 3 is 2.69 bits per heavy atom. The number of carbonyl (C=O) groups is 2. The molecule has 2 aromatic carbocycles. The highest BCUT2D eigenvalue weighted by Gasteiger charge is 2.43. The highest BCUT2D eigenvalue weighted by Crippen LogP contribution is 2.31. The molecule has 0 fully saturated rings. The fraction of sp³-hybridized carbons (Fsp3) is 0.211. The summed E-state index contributed by atoms with van der Waals surface area (Å²) in [6.07, 6.45) is -4.11. The quantitative estimate of drug-likeness (QED) is 0.653. The molecule has 0 saturated carbocycles. The molecule has 0 aliphatic carbocycles. The van der Waals surface area contributed by atoms with Crippen molar-refractivity contribution in [2.45, 2.75) is 18.8 Å². The van der Waals surface area contributed by atoms with E-state index < -0.39 is 24.3 Å². The van der Waals surface area contributed by atoms with Crippen molar-refractivity contribution in [3.05, 3.63) is 59.3 Å². The smallest absolute Gasteiger partial charge is 0.436 e. The Morgan fingerprint density at radius 2 is 1.97 bits per heavy atom. The highest BCUT2D eigenvalue weighted by atomic mass is 19.4. The largest absolute Gasteiger partial charge is 0.490 e. The minimum atomic E-state index is -5.08. The Kier molecular flexibility index (Phi) is 4.50. The molecule has 10 heteroatoms. The van der Waals surface area contributed by atoms with Crippen LogP contribution >= 0.6 is 0 Å². The predicted molar refractivity (Wildman–Crippen MR) is 96.2 cm³/mol. The third kappa shape index (κ3) is 3.42. The van der Waals surface area contributed by atoms with Crippen LogP contribution in [-0.2, 0) is 16.0 Å². The summed E-state index contributed by atoms with van der Waals surface area (Å²) < 4.78 is 43.9. The zero-order valence-electron chi connectivity index (χ0n) is 14.9. The van der Waals surface area contributed by atoms with Gasteiger partial charge in [0.2, 0.25) is 0 Å². The lowest BCUT2D eigenvalue weighted by Gasteiger charge is -2.28. The monoisotopic (exact) mass is 404 g/mol. The number of primary amides is 1. The SMILES string of the molecule is NC(=O)c1cccc2cn(-c3cccc4c3CCNC4OC(=O)C(F)(F)F)nc12. The molecule has 150 valence electrons. The van der Waals surface area contributed by atoms with Crippen molar-refractivity contribution in [3.63, 3.8) is 0 Å². The topological polar surface area (TPSA) is 99.2 Å². The fourth-order valence-electron chi connectivity index (χ4n) is 3.41. The number of benzene rings is 2. The molecule has 1 atom stereocenters. The number of nitrogens with one attached hydrogen (secondary N) is 1. The molecule has 0 bridgehead atoms. The summed E-state index contributed by atoms with van der Waals surface area (Å²) in [5, 5.41) is 7.91. The number of halogens is 3. The number of carbonyl (C=O) groups excluding carboxylic acids is 2. The van der Waals surface area contributed by atoms with Crippen LogP contribution in [0.5, 0.6) is 0 Å². The van der Waals surface area contributed by atoms with Crippen molar-refractivity contribution in [2.24, 2.45) is 5.73 Å². The van der Waals surface area contributed by atoms with E-state index in [9.17, 15) is 22.8 Å². The van der Waals surface area contributed by atoms with Gasteiger partial charge in [0.15, 0.2) is 6.23 Å². The molecule has 0 saturated heterocycles. The first kappa shape index (κ1) is 18.9. The van der Waals surface area contributed by atoms with Crippen molar-refractivity contribution in [1.29, 1.82) is 0 Å². The number of ether oxygens (including phenoxy) is 1. The second-order valence-corrected chi connectivity index (χ2v) is 6.51. The minimum absolute atomic E-state index is 0.268. The second-order valence-electron chi connectivity index (χ2n) is 6.51. The molecule has 3 N–H and O–H groups in total. The number of esters is 1. The number of fused-ring (bicyclic) bond motifs is 2. The normalized spacial score (nSPS) is 16.4. The first-order valence-electron chi connectivity index (χ1n) is 8.67. The third-order valence-electron chi connectivity index (χ3n) is 4.68. The van der Waals surface area contributed by atoms with E-state index in [2.05, 4.69) is 15.2 Å². The number of aromatic nitrogens is 2. The average Bonchev–Trinajstić information content (AvgIpc) is 3.10. The van der Waals surface area contributed by atoms with E-state index in [0.29, 0.717) is 40.7 Å². The van der Waals surface area contributed by atoms with Crippen LogP contribution in [0.1, 0.15) is 27.7 Å². The Balaban J connectivity index is 1.77. The van der Waals surface area contributed by atoms with Crippen LogP contribution in [0.3, 0.4) is 0 Å². The summed E-state index contributed by atoms with van der Waals surface area (Å²) in [5.41, 5.74) is 7.82. The molecular formula is C19H15F3N4O3. The zero-order valence-corrected chi connectivity index (χ0v) is 14.9. The minimum Gasteiger partial charge on any atom is -0.436 e. The average molecular weight is 404 g/mol. The highest BCUT2D eigenvalue weighted by molar-refractivity contribution is 6.04. The molecule has 7 nitrogen and oxygen atoms in total. The number of hydrogen-bond acceptors (Lipinski definition) is 5. The molecule has 3 aromatic rings. The van der Waals surface area contributed by atoms with Gasteiger partial charge in [-0.25, -0.2) is 9.48 Å². The van der Waals surface area contributed by atoms with Crippen molar-refractivity contribution in [2.75, 3.05) is 6.54 Å². The standard InChI is InChI=1S/C19H15F3N4O3/c20-19(21,22)18(28)29-17-12-4-2-6-14(11(12)7-8-24-17)26-9-10-3-1-5-13(16(23)27)15(10)25-26/h1-6,9,17,24H,7-8H2,(H2,23,27). The van der Waals surface area contributed by atoms with Gasteiger partial charge in [0.25, 0.3) is 5.91 Å². The molecule has 1 aliphatic heterocycles. The van der Waals surface area contributed by atoms with E-state index in [4.69, 9.17) is 5.73 Å². The molecule has 1 unspecified atom stereocenters. The van der Waals surface area contributed by atoms with Crippen LogP contribution in [0.25, 0.3) is 16.6 Å². The van der Waals surface area contributed by atoms with Crippen LogP contribution in [0, 0.1) is 0 Å². The summed E-state index contributed by atoms with van der Waals surface area (Å²) in [6.45, 7) is 0.313. The van der Waals surface area contributed by atoms with Crippen molar-refractivity contribution in [1.82, 2.24) is 15.1 Å². The van der Waals surface area contributed by atoms with Crippen molar-refractivity contribution < 1.29 is 27.5 Å². The summed E-state index contributed by atoms with van der Waals surface area (Å²) in [6, 6.07) is 10.0. The maximum absolute atomic E-state index is 12.6. The molecule has 1 amide bonds. The van der Waals surface area contributed by atoms with Gasteiger partial charge in [-0.2, -0.15) is 18.3 Å². The lowest BCUT2D eigenvalue weighted by atomic mass is 9.97. The van der Waals surface area contributed by atoms with E-state index in [0.717, 1.165) is 0 Å². The van der Waals surface area contributed by atoms with Gasteiger partial charge in [-0.05, 0) is 24.1 Å². The second kappa shape index (κ2) is 6.89.